The molecule has 30 heavy (non-hydrogen) atoms. The zero-order valence-electron chi connectivity index (χ0n) is 16.9. The lowest BCUT2D eigenvalue weighted by atomic mass is 10.0. The molecule has 0 saturated heterocycles. The molecular weight excluding hydrogens is 378 g/mol. The van der Waals surface area contributed by atoms with E-state index in [0.717, 1.165) is 18.8 Å². The molecule has 1 heterocycles. The van der Waals surface area contributed by atoms with Crippen LogP contribution < -0.4 is 10.3 Å². The Bertz CT molecular complexity index is 1110. The summed E-state index contributed by atoms with van der Waals surface area (Å²) in [6, 6.07) is 16.3. The average Bonchev–Trinajstić information content (AvgIpc) is 3.13. The molecule has 0 aliphatic carbocycles. The van der Waals surface area contributed by atoms with Crippen molar-refractivity contribution in [2.75, 3.05) is 4.90 Å². The van der Waals surface area contributed by atoms with E-state index in [4.69, 9.17) is 0 Å². The Kier molecular flexibility index (Phi) is 5.14. The molecule has 1 amide bonds. The molecule has 6 heteroatoms. The molecule has 152 valence electrons. The highest BCUT2D eigenvalue weighted by molar-refractivity contribution is 5.95. The molecule has 0 saturated carbocycles. The fourth-order valence-electron chi connectivity index (χ4n) is 3.55. The van der Waals surface area contributed by atoms with Crippen molar-refractivity contribution in [2.45, 2.75) is 26.9 Å². The summed E-state index contributed by atoms with van der Waals surface area (Å²) in [5, 5.41) is 22.7. The minimum Gasteiger partial charge on any atom is -0.504 e. The smallest absolute Gasteiger partial charge is 0.271 e. The van der Waals surface area contributed by atoms with Crippen LogP contribution in [0.2, 0.25) is 0 Å². The molecule has 0 unspecified atom stereocenters. The molecule has 3 N–H and O–H groups in total. The van der Waals surface area contributed by atoms with Gasteiger partial charge in [-0.25, -0.2) is 5.43 Å². The molecule has 0 aromatic heterocycles. The number of fused-ring (bicyclic) bond motifs is 1. The molecule has 0 radical (unpaired) electrons. The Hall–Kier alpha value is -3.80. The van der Waals surface area contributed by atoms with Crippen molar-refractivity contribution < 1.29 is 15.0 Å². The number of phenols is 2. The summed E-state index contributed by atoms with van der Waals surface area (Å²) in [6.07, 6.45) is 1.40. The van der Waals surface area contributed by atoms with Crippen LogP contribution in [0.15, 0.2) is 59.7 Å². The predicted molar refractivity (Wildman–Crippen MR) is 117 cm³/mol. The zero-order valence-corrected chi connectivity index (χ0v) is 16.9. The number of phenolic OH excluding ortho intramolecular Hbond substituents is 2. The van der Waals surface area contributed by atoms with Crippen molar-refractivity contribution in [3.63, 3.8) is 0 Å². The first kappa shape index (κ1) is 19.5. The highest BCUT2D eigenvalue weighted by Crippen LogP contribution is 2.30. The molecule has 3 aromatic rings. The lowest BCUT2D eigenvalue weighted by Gasteiger charge is -2.17. The van der Waals surface area contributed by atoms with Gasteiger partial charge in [-0.15, -0.1) is 0 Å². The van der Waals surface area contributed by atoms with Crippen LogP contribution in [0.4, 0.5) is 5.69 Å². The van der Waals surface area contributed by atoms with E-state index in [9.17, 15) is 15.0 Å². The van der Waals surface area contributed by atoms with Crippen LogP contribution in [0.5, 0.6) is 11.5 Å². The van der Waals surface area contributed by atoms with Crippen molar-refractivity contribution in [3.05, 3.63) is 88.0 Å². The summed E-state index contributed by atoms with van der Waals surface area (Å²) in [5.41, 5.74) is 9.94. The number of benzene rings is 3. The fraction of sp³-hybridized carbons (Fsp3) is 0.167. The normalized spacial score (nSPS) is 12.9. The van der Waals surface area contributed by atoms with E-state index >= 15 is 0 Å². The van der Waals surface area contributed by atoms with E-state index in [1.165, 1.54) is 40.6 Å². The van der Waals surface area contributed by atoms with E-state index in [-0.39, 0.29) is 17.4 Å². The highest BCUT2D eigenvalue weighted by Gasteiger charge is 2.20. The molecular formula is C24H23N3O3. The van der Waals surface area contributed by atoms with Gasteiger partial charge < -0.3 is 15.1 Å². The number of hydrazone groups is 1. The summed E-state index contributed by atoms with van der Waals surface area (Å²) >= 11 is 0. The SMILES string of the molecule is Cc1cc2c(cc1C)CN(c1ccc(C(=O)N/N=C\c3ccc(O)c(O)c3)cc1)C2. The quantitative estimate of drug-likeness (QED) is 0.350. The number of nitrogens with one attached hydrogen (secondary N) is 1. The molecule has 0 bridgehead atoms. The maximum Gasteiger partial charge on any atom is 0.271 e. The molecule has 0 fully saturated rings. The maximum atomic E-state index is 12.3. The second kappa shape index (κ2) is 7.91. The highest BCUT2D eigenvalue weighted by atomic mass is 16.3. The zero-order chi connectivity index (χ0) is 21.3. The summed E-state index contributed by atoms with van der Waals surface area (Å²) in [4.78, 5) is 14.6. The van der Waals surface area contributed by atoms with Crippen molar-refractivity contribution in [3.8, 4) is 11.5 Å². The molecule has 4 rings (SSSR count). The molecule has 1 aliphatic heterocycles. The van der Waals surface area contributed by atoms with Gasteiger partial charge in [-0.1, -0.05) is 12.1 Å². The first-order chi connectivity index (χ1) is 14.4. The van der Waals surface area contributed by atoms with Gasteiger partial charge in [-0.3, -0.25) is 4.79 Å². The van der Waals surface area contributed by atoms with Gasteiger partial charge in [-0.05, 0) is 84.1 Å². The fourth-order valence-corrected chi connectivity index (χ4v) is 3.55. The third-order valence-electron chi connectivity index (χ3n) is 5.41. The van der Waals surface area contributed by atoms with Gasteiger partial charge in [0.05, 0.1) is 6.21 Å². The maximum absolute atomic E-state index is 12.3. The van der Waals surface area contributed by atoms with Gasteiger partial charge in [0.2, 0.25) is 0 Å². The van der Waals surface area contributed by atoms with Gasteiger partial charge in [0.25, 0.3) is 5.91 Å². The first-order valence-electron chi connectivity index (χ1n) is 9.70. The second-order valence-electron chi connectivity index (χ2n) is 7.56. The van der Waals surface area contributed by atoms with E-state index in [2.05, 4.69) is 41.4 Å². The Balaban J connectivity index is 1.39. The van der Waals surface area contributed by atoms with E-state index in [1.54, 1.807) is 18.2 Å². The number of amides is 1. The second-order valence-corrected chi connectivity index (χ2v) is 7.56. The summed E-state index contributed by atoms with van der Waals surface area (Å²) in [5.74, 6) is -0.769. The van der Waals surface area contributed by atoms with Crippen LogP contribution in [-0.2, 0) is 13.1 Å². The summed E-state index contributed by atoms with van der Waals surface area (Å²) in [6.45, 7) is 6.01. The Morgan fingerprint density at radius 2 is 1.57 bits per heavy atom. The van der Waals surface area contributed by atoms with Crippen molar-refractivity contribution in [2.24, 2.45) is 5.10 Å². The van der Waals surface area contributed by atoms with Gasteiger partial charge in [0.15, 0.2) is 11.5 Å². The number of carbonyl (C=O) groups excluding carboxylic acids is 1. The van der Waals surface area contributed by atoms with Gasteiger partial charge in [0, 0.05) is 24.3 Å². The average molecular weight is 401 g/mol. The standard InChI is InChI=1S/C24H23N3O3/c1-15-9-19-13-27(14-20(19)10-16(15)2)21-6-4-18(5-7-21)24(30)26-25-12-17-3-8-22(28)23(29)11-17/h3-12,28-29H,13-14H2,1-2H3,(H,26,30)/b25-12-. The number of hydrogen-bond acceptors (Lipinski definition) is 5. The van der Waals surface area contributed by atoms with Crippen LogP contribution in [0, 0.1) is 13.8 Å². The van der Waals surface area contributed by atoms with E-state index in [0.29, 0.717) is 11.1 Å². The van der Waals surface area contributed by atoms with E-state index in [1.807, 2.05) is 12.1 Å². The molecule has 6 nitrogen and oxygen atoms in total. The molecule has 0 spiro atoms. The number of aryl methyl sites for hydroxylation is 2. The van der Waals surface area contributed by atoms with Crippen LogP contribution in [0.1, 0.15) is 38.2 Å². The predicted octanol–water partition coefficient (Wildman–Crippen LogP) is 4.00. The monoisotopic (exact) mass is 401 g/mol. The number of nitrogens with zero attached hydrogens (tertiary/aromatic N) is 2. The topological polar surface area (TPSA) is 85.2 Å². The Labute approximate surface area is 175 Å². The van der Waals surface area contributed by atoms with Crippen LogP contribution >= 0.6 is 0 Å². The summed E-state index contributed by atoms with van der Waals surface area (Å²) in [7, 11) is 0. The van der Waals surface area contributed by atoms with Gasteiger partial charge >= 0.3 is 0 Å². The number of rotatable bonds is 4. The van der Waals surface area contributed by atoms with Crippen LogP contribution in [-0.4, -0.2) is 22.3 Å². The molecule has 0 atom stereocenters. The number of anilines is 1. The van der Waals surface area contributed by atoms with Crippen LogP contribution in [0.3, 0.4) is 0 Å². The minimum absolute atomic E-state index is 0.206. The number of carbonyl (C=O) groups is 1. The third-order valence-corrected chi connectivity index (χ3v) is 5.41. The van der Waals surface area contributed by atoms with E-state index < -0.39 is 0 Å². The van der Waals surface area contributed by atoms with Crippen LogP contribution in [0.25, 0.3) is 0 Å². The van der Waals surface area contributed by atoms with Crippen molar-refractivity contribution in [1.82, 2.24) is 5.43 Å². The lowest BCUT2D eigenvalue weighted by Crippen LogP contribution is -2.18. The Morgan fingerprint density at radius 1 is 0.933 bits per heavy atom. The Morgan fingerprint density at radius 3 is 2.17 bits per heavy atom. The number of hydrogen-bond donors (Lipinski definition) is 3. The minimum atomic E-state index is -0.322. The lowest BCUT2D eigenvalue weighted by molar-refractivity contribution is 0.0955. The van der Waals surface area contributed by atoms with Gasteiger partial charge in [-0.2, -0.15) is 5.10 Å². The third kappa shape index (κ3) is 3.98. The van der Waals surface area contributed by atoms with Gasteiger partial charge in [0.1, 0.15) is 0 Å². The molecule has 3 aromatic carbocycles. The first-order valence-corrected chi connectivity index (χ1v) is 9.70. The number of aromatic hydroxyl groups is 2. The van der Waals surface area contributed by atoms with Crippen molar-refractivity contribution in [1.29, 1.82) is 0 Å². The largest absolute Gasteiger partial charge is 0.504 e. The molecule has 1 aliphatic rings. The summed E-state index contributed by atoms with van der Waals surface area (Å²) < 4.78 is 0. The van der Waals surface area contributed by atoms with Crippen molar-refractivity contribution >= 4 is 17.8 Å².